The smallest absolute Gasteiger partial charge is 0.251 e. The van der Waals surface area contributed by atoms with Crippen molar-refractivity contribution >= 4 is 29.1 Å². The molecule has 0 spiro atoms. The summed E-state index contributed by atoms with van der Waals surface area (Å²) in [7, 11) is 0. The summed E-state index contributed by atoms with van der Waals surface area (Å²) in [6.07, 6.45) is 0.479. The lowest BCUT2D eigenvalue weighted by Gasteiger charge is -2.20. The van der Waals surface area contributed by atoms with Crippen LogP contribution in [0.3, 0.4) is 0 Å². The van der Waals surface area contributed by atoms with Crippen molar-refractivity contribution in [2.75, 3.05) is 5.32 Å². The van der Waals surface area contributed by atoms with Gasteiger partial charge in [0.05, 0.1) is 0 Å². The molecular formula is C19H20ClFN2O2. The van der Waals surface area contributed by atoms with E-state index in [-0.39, 0.29) is 23.5 Å². The topological polar surface area (TPSA) is 58.2 Å². The van der Waals surface area contributed by atoms with Crippen LogP contribution in [-0.4, -0.2) is 17.9 Å². The lowest BCUT2D eigenvalue weighted by molar-refractivity contribution is -0.118. The molecule has 2 rings (SSSR count). The van der Waals surface area contributed by atoms with E-state index in [9.17, 15) is 14.0 Å². The second-order valence-corrected chi connectivity index (χ2v) is 6.60. The molecule has 132 valence electrons. The third-order valence-electron chi connectivity index (χ3n) is 3.55. The van der Waals surface area contributed by atoms with E-state index in [0.717, 1.165) is 0 Å². The van der Waals surface area contributed by atoms with Crippen LogP contribution >= 0.6 is 11.6 Å². The number of benzene rings is 2. The van der Waals surface area contributed by atoms with Gasteiger partial charge in [0.15, 0.2) is 0 Å². The van der Waals surface area contributed by atoms with E-state index in [4.69, 9.17) is 11.6 Å². The summed E-state index contributed by atoms with van der Waals surface area (Å²) in [5.41, 5.74) is 0.897. The molecule has 0 radical (unpaired) electrons. The third kappa shape index (κ3) is 5.87. The molecule has 0 heterocycles. The Labute approximate surface area is 151 Å². The van der Waals surface area contributed by atoms with Crippen LogP contribution in [0.15, 0.2) is 48.5 Å². The minimum Gasteiger partial charge on any atom is -0.340 e. The average molecular weight is 363 g/mol. The van der Waals surface area contributed by atoms with E-state index in [2.05, 4.69) is 10.6 Å². The molecule has 0 bridgehead atoms. The molecule has 1 unspecified atom stereocenters. The standard InChI is InChI=1S/C19H20ClFN2O2/c1-12(2)11-17(19(25)22-16-9-7-15(21)8-10-16)23-18(24)13-3-5-14(20)6-4-13/h3-10,12,17H,11H2,1-2H3,(H,22,25)(H,23,24). The number of carbonyl (C=O) groups excluding carboxylic acids is 2. The van der Waals surface area contributed by atoms with Crippen LogP contribution in [0.25, 0.3) is 0 Å². The van der Waals surface area contributed by atoms with E-state index < -0.39 is 6.04 Å². The quantitative estimate of drug-likeness (QED) is 0.806. The molecule has 2 amide bonds. The lowest BCUT2D eigenvalue weighted by atomic mass is 10.0. The maximum Gasteiger partial charge on any atom is 0.251 e. The summed E-state index contributed by atoms with van der Waals surface area (Å²) < 4.78 is 13.0. The molecule has 4 nitrogen and oxygen atoms in total. The van der Waals surface area contributed by atoms with Crippen molar-refractivity contribution in [1.82, 2.24) is 5.32 Å². The molecule has 2 aromatic rings. The first-order chi connectivity index (χ1) is 11.8. The summed E-state index contributed by atoms with van der Waals surface area (Å²) in [5.74, 6) is -0.874. The molecule has 1 atom stereocenters. The molecule has 0 saturated heterocycles. The van der Waals surface area contributed by atoms with E-state index >= 15 is 0 Å². The highest BCUT2D eigenvalue weighted by Gasteiger charge is 2.22. The number of nitrogens with one attached hydrogen (secondary N) is 2. The zero-order chi connectivity index (χ0) is 18.4. The zero-order valence-corrected chi connectivity index (χ0v) is 14.8. The molecule has 0 aliphatic heterocycles. The van der Waals surface area contributed by atoms with Gasteiger partial charge >= 0.3 is 0 Å². The van der Waals surface area contributed by atoms with Gasteiger partial charge in [-0.15, -0.1) is 0 Å². The van der Waals surface area contributed by atoms with E-state index in [1.807, 2.05) is 13.8 Å². The predicted octanol–water partition coefficient (Wildman–Crippen LogP) is 4.26. The lowest BCUT2D eigenvalue weighted by Crippen LogP contribution is -2.44. The number of hydrogen-bond acceptors (Lipinski definition) is 2. The van der Waals surface area contributed by atoms with Crippen molar-refractivity contribution in [2.45, 2.75) is 26.3 Å². The van der Waals surface area contributed by atoms with Crippen molar-refractivity contribution < 1.29 is 14.0 Å². The average Bonchev–Trinajstić information content (AvgIpc) is 2.56. The number of anilines is 1. The van der Waals surface area contributed by atoms with Gasteiger partial charge in [-0.25, -0.2) is 4.39 Å². The Hall–Kier alpha value is -2.40. The maximum atomic E-state index is 13.0. The number of rotatable bonds is 6. The summed E-state index contributed by atoms with van der Waals surface area (Å²) in [6.45, 7) is 3.93. The van der Waals surface area contributed by atoms with Crippen molar-refractivity contribution in [2.24, 2.45) is 5.92 Å². The van der Waals surface area contributed by atoms with Gasteiger partial charge in [-0.05, 0) is 60.9 Å². The van der Waals surface area contributed by atoms with Gasteiger partial charge in [-0.2, -0.15) is 0 Å². The Morgan fingerprint density at radius 1 is 1.04 bits per heavy atom. The molecule has 0 fully saturated rings. The summed E-state index contributed by atoms with van der Waals surface area (Å²) in [5, 5.41) is 5.98. The number of hydrogen-bond donors (Lipinski definition) is 2. The van der Waals surface area contributed by atoms with E-state index in [0.29, 0.717) is 22.7 Å². The van der Waals surface area contributed by atoms with Gasteiger partial charge in [-0.1, -0.05) is 25.4 Å². The molecule has 2 aromatic carbocycles. The van der Waals surface area contributed by atoms with Crippen LogP contribution < -0.4 is 10.6 Å². The molecule has 0 saturated carbocycles. The molecule has 2 N–H and O–H groups in total. The van der Waals surface area contributed by atoms with Gasteiger partial charge in [0.2, 0.25) is 5.91 Å². The maximum absolute atomic E-state index is 13.0. The first kappa shape index (κ1) is 18.9. The van der Waals surface area contributed by atoms with Gasteiger partial charge in [0.1, 0.15) is 11.9 Å². The fraction of sp³-hybridized carbons (Fsp3) is 0.263. The second-order valence-electron chi connectivity index (χ2n) is 6.16. The molecule has 25 heavy (non-hydrogen) atoms. The molecule has 6 heteroatoms. The fourth-order valence-electron chi connectivity index (χ4n) is 2.31. The first-order valence-electron chi connectivity index (χ1n) is 7.98. The highest BCUT2D eigenvalue weighted by atomic mass is 35.5. The van der Waals surface area contributed by atoms with Gasteiger partial charge in [0.25, 0.3) is 5.91 Å². The van der Waals surface area contributed by atoms with E-state index in [1.54, 1.807) is 24.3 Å². The Morgan fingerprint density at radius 3 is 2.20 bits per heavy atom. The number of carbonyl (C=O) groups is 2. The predicted molar refractivity (Wildman–Crippen MR) is 97.2 cm³/mol. The zero-order valence-electron chi connectivity index (χ0n) is 14.1. The third-order valence-corrected chi connectivity index (χ3v) is 3.80. The van der Waals surface area contributed by atoms with Crippen LogP contribution in [0.2, 0.25) is 5.02 Å². The SMILES string of the molecule is CC(C)CC(NC(=O)c1ccc(Cl)cc1)C(=O)Nc1ccc(F)cc1. The van der Waals surface area contributed by atoms with Crippen LogP contribution in [0, 0.1) is 11.7 Å². The van der Waals surface area contributed by atoms with Crippen LogP contribution in [0.4, 0.5) is 10.1 Å². The Morgan fingerprint density at radius 2 is 1.64 bits per heavy atom. The Kier molecular flexibility index (Phi) is 6.53. The summed E-state index contributed by atoms with van der Waals surface area (Å²) >= 11 is 5.82. The summed E-state index contributed by atoms with van der Waals surface area (Å²) in [6, 6.07) is 11.2. The highest BCUT2D eigenvalue weighted by Crippen LogP contribution is 2.13. The number of halogens is 2. The largest absolute Gasteiger partial charge is 0.340 e. The fourth-order valence-corrected chi connectivity index (χ4v) is 2.43. The van der Waals surface area contributed by atoms with Crippen LogP contribution in [0.5, 0.6) is 0 Å². The van der Waals surface area contributed by atoms with Crippen molar-refractivity contribution in [3.63, 3.8) is 0 Å². The molecule has 0 aliphatic rings. The molecule has 0 aliphatic carbocycles. The van der Waals surface area contributed by atoms with Crippen molar-refractivity contribution in [3.8, 4) is 0 Å². The van der Waals surface area contributed by atoms with Crippen LogP contribution in [0.1, 0.15) is 30.6 Å². The Balaban J connectivity index is 2.08. The molecular weight excluding hydrogens is 343 g/mol. The normalized spacial score (nSPS) is 11.9. The van der Waals surface area contributed by atoms with Gasteiger partial charge in [0, 0.05) is 16.3 Å². The molecule has 0 aromatic heterocycles. The number of amides is 2. The summed E-state index contributed by atoms with van der Waals surface area (Å²) in [4.78, 5) is 24.9. The highest BCUT2D eigenvalue weighted by molar-refractivity contribution is 6.30. The van der Waals surface area contributed by atoms with Crippen molar-refractivity contribution in [3.05, 3.63) is 64.9 Å². The van der Waals surface area contributed by atoms with Crippen LogP contribution in [-0.2, 0) is 4.79 Å². The van der Waals surface area contributed by atoms with Gasteiger partial charge < -0.3 is 10.6 Å². The van der Waals surface area contributed by atoms with Gasteiger partial charge in [-0.3, -0.25) is 9.59 Å². The first-order valence-corrected chi connectivity index (χ1v) is 8.36. The minimum atomic E-state index is -0.701. The Bertz CT molecular complexity index is 730. The second kappa shape index (κ2) is 8.62. The monoisotopic (exact) mass is 362 g/mol. The van der Waals surface area contributed by atoms with E-state index in [1.165, 1.54) is 24.3 Å². The minimum absolute atomic E-state index is 0.203. The van der Waals surface area contributed by atoms with Crippen molar-refractivity contribution in [1.29, 1.82) is 0 Å².